The lowest BCUT2D eigenvalue weighted by Crippen LogP contribution is -2.25. The first-order chi connectivity index (χ1) is 14.9. The minimum absolute atomic E-state index is 0.195. The van der Waals surface area contributed by atoms with Gasteiger partial charge in [0.05, 0.1) is 11.3 Å². The van der Waals surface area contributed by atoms with Gasteiger partial charge < -0.3 is 4.74 Å². The summed E-state index contributed by atoms with van der Waals surface area (Å²) in [6.45, 7) is -0.293. The Hall–Kier alpha value is -4.12. The highest BCUT2D eigenvalue weighted by Crippen LogP contribution is 2.36. The van der Waals surface area contributed by atoms with Gasteiger partial charge in [0, 0.05) is 5.56 Å². The lowest BCUT2D eigenvalue weighted by Gasteiger charge is -2.13. The van der Waals surface area contributed by atoms with E-state index in [2.05, 4.69) is 5.10 Å². The Morgan fingerprint density at radius 3 is 2.45 bits per heavy atom. The average Bonchev–Trinajstić information content (AvgIpc) is 3.10. The third-order valence-corrected chi connectivity index (χ3v) is 4.66. The summed E-state index contributed by atoms with van der Waals surface area (Å²) in [5, 5.41) is 14.5. The molecule has 0 radical (unpaired) electrons. The van der Waals surface area contributed by atoms with Crippen molar-refractivity contribution in [3.05, 3.63) is 77.9 Å². The van der Waals surface area contributed by atoms with Crippen LogP contribution in [0.5, 0.6) is 5.75 Å². The van der Waals surface area contributed by atoms with Crippen LogP contribution in [0.1, 0.15) is 5.56 Å². The van der Waals surface area contributed by atoms with Crippen molar-refractivity contribution in [3.8, 4) is 11.8 Å². The fourth-order valence-corrected chi connectivity index (χ4v) is 3.30. The van der Waals surface area contributed by atoms with Gasteiger partial charge in [0.25, 0.3) is 5.91 Å². The first-order valence-corrected chi connectivity index (χ1v) is 9.19. The van der Waals surface area contributed by atoms with Crippen LogP contribution in [0, 0.1) is 11.3 Å². The molecule has 0 aromatic heterocycles. The first-order valence-electron chi connectivity index (χ1n) is 9.19. The van der Waals surface area contributed by atoms with E-state index in [1.807, 2.05) is 6.07 Å². The van der Waals surface area contributed by atoms with Crippen molar-refractivity contribution in [1.29, 1.82) is 5.26 Å². The number of carbonyl (C=O) groups excluding carboxylic acids is 1. The molecule has 1 heterocycles. The van der Waals surface area contributed by atoms with E-state index in [-0.39, 0.29) is 23.6 Å². The number of hydrogen-bond donors (Lipinski definition) is 0. The molecule has 1 amide bonds. The molecule has 0 saturated heterocycles. The Balaban J connectivity index is 1.91. The van der Waals surface area contributed by atoms with E-state index in [4.69, 9.17) is 10.00 Å². The molecule has 8 heteroatoms. The van der Waals surface area contributed by atoms with Crippen LogP contribution in [-0.4, -0.2) is 24.4 Å². The number of alkyl halides is 3. The summed E-state index contributed by atoms with van der Waals surface area (Å²) >= 11 is 0. The number of hydrazone groups is 1. The number of rotatable bonds is 4. The Morgan fingerprint density at radius 2 is 1.74 bits per heavy atom. The third-order valence-electron chi connectivity index (χ3n) is 4.66. The summed E-state index contributed by atoms with van der Waals surface area (Å²) in [4.78, 5) is 13.0. The molecule has 0 fully saturated rings. The molecular weight excluding hydrogens is 407 g/mol. The van der Waals surface area contributed by atoms with Crippen molar-refractivity contribution < 1.29 is 22.7 Å². The van der Waals surface area contributed by atoms with E-state index in [1.165, 1.54) is 12.1 Å². The number of hydrogen-bond acceptors (Lipinski definition) is 4. The zero-order valence-electron chi connectivity index (χ0n) is 15.9. The maximum Gasteiger partial charge on any atom is 0.435 e. The average molecular weight is 421 g/mol. The lowest BCUT2D eigenvalue weighted by molar-refractivity contribution is -0.114. The highest BCUT2D eigenvalue weighted by atomic mass is 19.4. The SMILES string of the molecule is N#CCOc1ccc2ccccc2c1/C=C1\C(=O)N(c2ccccc2)N=C1C(F)(F)F. The fourth-order valence-electron chi connectivity index (χ4n) is 3.30. The van der Waals surface area contributed by atoms with Crippen LogP contribution >= 0.6 is 0 Å². The van der Waals surface area contributed by atoms with E-state index >= 15 is 0 Å². The van der Waals surface area contributed by atoms with Gasteiger partial charge in [0.15, 0.2) is 12.3 Å². The van der Waals surface area contributed by atoms with Crippen molar-refractivity contribution in [3.63, 3.8) is 0 Å². The Bertz CT molecular complexity index is 1260. The minimum Gasteiger partial charge on any atom is -0.478 e. The van der Waals surface area contributed by atoms with Crippen molar-refractivity contribution in [1.82, 2.24) is 0 Å². The highest BCUT2D eigenvalue weighted by Gasteiger charge is 2.47. The number of benzene rings is 3. The molecule has 0 atom stereocenters. The molecule has 4 rings (SSSR count). The molecule has 31 heavy (non-hydrogen) atoms. The van der Waals surface area contributed by atoms with Gasteiger partial charge in [-0.3, -0.25) is 4.79 Å². The molecule has 0 spiro atoms. The number of fused-ring (bicyclic) bond motifs is 1. The molecule has 3 aromatic carbocycles. The number of carbonyl (C=O) groups is 1. The number of nitrogens with zero attached hydrogens (tertiary/aromatic N) is 3. The molecule has 0 saturated carbocycles. The van der Waals surface area contributed by atoms with Crippen LogP contribution in [0.3, 0.4) is 0 Å². The van der Waals surface area contributed by atoms with Gasteiger partial charge in [0.2, 0.25) is 0 Å². The molecule has 5 nitrogen and oxygen atoms in total. The second kappa shape index (κ2) is 7.95. The summed E-state index contributed by atoms with van der Waals surface area (Å²) in [6, 6.07) is 20.0. The van der Waals surface area contributed by atoms with E-state index < -0.39 is 23.4 Å². The van der Waals surface area contributed by atoms with Gasteiger partial charge in [-0.25, -0.2) is 0 Å². The van der Waals surface area contributed by atoms with E-state index in [1.54, 1.807) is 54.6 Å². The molecule has 1 aliphatic heterocycles. The summed E-state index contributed by atoms with van der Waals surface area (Å²) in [6.07, 6.45) is -3.71. The molecular formula is C23H14F3N3O2. The van der Waals surface area contributed by atoms with Crippen molar-refractivity contribution >= 4 is 34.2 Å². The molecule has 1 aliphatic rings. The molecule has 0 unspecified atom stereocenters. The predicted octanol–water partition coefficient (Wildman–Crippen LogP) is 5.09. The van der Waals surface area contributed by atoms with Gasteiger partial charge in [-0.2, -0.15) is 28.5 Å². The molecule has 0 N–H and O–H groups in total. The van der Waals surface area contributed by atoms with Crippen molar-refractivity contribution in [2.24, 2.45) is 5.10 Å². The summed E-state index contributed by atoms with van der Waals surface area (Å²) in [5.74, 6) is -0.710. The van der Waals surface area contributed by atoms with E-state index in [9.17, 15) is 18.0 Å². The van der Waals surface area contributed by atoms with Crippen LogP contribution in [0.25, 0.3) is 16.8 Å². The molecule has 0 aliphatic carbocycles. The van der Waals surface area contributed by atoms with Crippen LogP contribution < -0.4 is 9.75 Å². The maximum absolute atomic E-state index is 13.8. The topological polar surface area (TPSA) is 65.7 Å². The van der Waals surface area contributed by atoms with Gasteiger partial charge in [0.1, 0.15) is 11.8 Å². The Kier molecular flexibility index (Phi) is 5.17. The Morgan fingerprint density at radius 1 is 1.03 bits per heavy atom. The number of amides is 1. The number of halogens is 3. The van der Waals surface area contributed by atoms with Gasteiger partial charge in [-0.05, 0) is 35.0 Å². The Labute approximate surface area is 175 Å². The summed E-state index contributed by atoms with van der Waals surface area (Å²) in [7, 11) is 0. The zero-order valence-corrected chi connectivity index (χ0v) is 15.9. The minimum atomic E-state index is -4.84. The van der Waals surface area contributed by atoms with E-state index in [0.717, 1.165) is 16.5 Å². The van der Waals surface area contributed by atoms with Gasteiger partial charge in [-0.15, -0.1) is 0 Å². The van der Waals surface area contributed by atoms with Crippen molar-refractivity contribution in [2.75, 3.05) is 11.6 Å². The van der Waals surface area contributed by atoms with Crippen LogP contribution in [0.4, 0.5) is 18.9 Å². The molecule has 3 aromatic rings. The van der Waals surface area contributed by atoms with Crippen LogP contribution in [0.2, 0.25) is 0 Å². The third kappa shape index (κ3) is 3.85. The number of nitriles is 1. The smallest absolute Gasteiger partial charge is 0.435 e. The lowest BCUT2D eigenvalue weighted by atomic mass is 9.99. The number of para-hydroxylation sites is 1. The molecule has 0 bridgehead atoms. The number of ether oxygens (including phenoxy) is 1. The van der Waals surface area contributed by atoms with Crippen molar-refractivity contribution in [2.45, 2.75) is 6.18 Å². The highest BCUT2D eigenvalue weighted by molar-refractivity contribution is 6.34. The maximum atomic E-state index is 13.8. The summed E-state index contributed by atoms with van der Waals surface area (Å²) < 4.78 is 46.7. The zero-order chi connectivity index (χ0) is 22.0. The van der Waals surface area contributed by atoms with Gasteiger partial charge in [-0.1, -0.05) is 48.5 Å². The standard InChI is InChI=1S/C23H14F3N3O2/c24-23(25,26)21-19(22(30)29(28-21)16-7-2-1-3-8-16)14-18-17-9-5-4-6-15(17)10-11-20(18)31-13-12-27/h1-11,14H,13H2/b19-14-. The quantitative estimate of drug-likeness (QED) is 0.551. The van der Waals surface area contributed by atoms with Gasteiger partial charge >= 0.3 is 6.18 Å². The normalized spacial score (nSPS) is 15.3. The second-order valence-corrected chi connectivity index (χ2v) is 6.60. The van der Waals surface area contributed by atoms with Crippen LogP contribution in [-0.2, 0) is 4.79 Å². The largest absolute Gasteiger partial charge is 0.478 e. The predicted molar refractivity (Wildman–Crippen MR) is 110 cm³/mol. The fraction of sp³-hybridized carbons (Fsp3) is 0.0870. The second-order valence-electron chi connectivity index (χ2n) is 6.60. The molecule has 154 valence electrons. The summed E-state index contributed by atoms with van der Waals surface area (Å²) in [5.41, 5.74) is -1.41. The monoisotopic (exact) mass is 421 g/mol. The number of anilines is 1. The van der Waals surface area contributed by atoms with E-state index in [0.29, 0.717) is 5.39 Å². The van der Waals surface area contributed by atoms with Crippen LogP contribution in [0.15, 0.2) is 77.4 Å². The first kappa shape index (κ1) is 20.2.